The Kier molecular flexibility index (Phi) is 4.18. The normalized spacial score (nSPS) is 25.4. The van der Waals surface area contributed by atoms with Gasteiger partial charge in [0.15, 0.2) is 0 Å². The molecular weight excluding hydrogens is 268 g/mol. The highest BCUT2D eigenvalue weighted by Gasteiger charge is 2.21. The summed E-state index contributed by atoms with van der Waals surface area (Å²) in [4.78, 5) is 4.15. The van der Waals surface area contributed by atoms with E-state index in [1.807, 2.05) is 6.20 Å². The summed E-state index contributed by atoms with van der Waals surface area (Å²) in [6.45, 7) is 0. The van der Waals surface area contributed by atoms with Crippen molar-refractivity contribution in [2.75, 3.05) is 12.4 Å². The molecule has 0 spiro atoms. The number of hydrogen-bond acceptors (Lipinski definition) is 3. The first-order valence-electron chi connectivity index (χ1n) is 5.68. The van der Waals surface area contributed by atoms with E-state index in [1.54, 1.807) is 13.3 Å². The van der Waals surface area contributed by atoms with E-state index in [2.05, 4.69) is 32.3 Å². The highest BCUT2D eigenvalue weighted by molar-refractivity contribution is 9.10. The molecule has 0 radical (unpaired) electrons. The second kappa shape index (κ2) is 5.64. The van der Waals surface area contributed by atoms with Crippen LogP contribution in [-0.2, 0) is 4.74 Å². The van der Waals surface area contributed by atoms with Gasteiger partial charge in [0.2, 0.25) is 0 Å². The molecule has 1 N–H and O–H groups in total. The van der Waals surface area contributed by atoms with Crippen molar-refractivity contribution in [2.24, 2.45) is 0 Å². The first-order chi connectivity index (χ1) is 7.78. The zero-order valence-electron chi connectivity index (χ0n) is 9.45. The first-order valence-corrected chi connectivity index (χ1v) is 6.47. The van der Waals surface area contributed by atoms with Crippen LogP contribution in [0.2, 0.25) is 0 Å². The fourth-order valence-corrected chi connectivity index (χ4v) is 2.58. The number of ether oxygens (including phenoxy) is 1. The number of rotatable bonds is 3. The Morgan fingerprint density at radius 3 is 3.06 bits per heavy atom. The molecule has 1 aliphatic rings. The van der Waals surface area contributed by atoms with Gasteiger partial charge in [-0.25, -0.2) is 0 Å². The molecular formula is C12H17BrN2O. The molecule has 3 nitrogen and oxygen atoms in total. The molecule has 88 valence electrons. The molecule has 0 aromatic carbocycles. The molecule has 0 aliphatic heterocycles. The average molecular weight is 285 g/mol. The molecule has 16 heavy (non-hydrogen) atoms. The van der Waals surface area contributed by atoms with Crippen LogP contribution in [0, 0.1) is 0 Å². The van der Waals surface area contributed by atoms with Crippen molar-refractivity contribution in [1.82, 2.24) is 4.98 Å². The summed E-state index contributed by atoms with van der Waals surface area (Å²) < 4.78 is 6.43. The van der Waals surface area contributed by atoms with Gasteiger partial charge in [-0.2, -0.15) is 0 Å². The van der Waals surface area contributed by atoms with E-state index >= 15 is 0 Å². The van der Waals surface area contributed by atoms with E-state index in [0.717, 1.165) is 16.6 Å². The molecule has 2 atom stereocenters. The second-order valence-electron chi connectivity index (χ2n) is 4.26. The van der Waals surface area contributed by atoms with Crippen LogP contribution in [0.4, 0.5) is 5.69 Å². The van der Waals surface area contributed by atoms with Crippen molar-refractivity contribution in [2.45, 2.75) is 37.8 Å². The largest absolute Gasteiger partial charge is 0.381 e. The van der Waals surface area contributed by atoms with Crippen LogP contribution in [0.15, 0.2) is 22.9 Å². The van der Waals surface area contributed by atoms with E-state index in [4.69, 9.17) is 4.74 Å². The highest BCUT2D eigenvalue weighted by atomic mass is 79.9. The molecule has 0 amide bonds. The molecule has 2 unspecified atom stereocenters. The van der Waals surface area contributed by atoms with E-state index in [-0.39, 0.29) is 0 Å². The van der Waals surface area contributed by atoms with Gasteiger partial charge in [-0.05, 0) is 47.7 Å². The maximum Gasteiger partial charge on any atom is 0.0590 e. The summed E-state index contributed by atoms with van der Waals surface area (Å²) in [6, 6.07) is 2.57. The molecule has 1 saturated carbocycles. The van der Waals surface area contributed by atoms with Crippen molar-refractivity contribution in [3.63, 3.8) is 0 Å². The summed E-state index contributed by atoms with van der Waals surface area (Å²) in [5, 5.41) is 3.51. The zero-order valence-corrected chi connectivity index (χ0v) is 11.0. The second-order valence-corrected chi connectivity index (χ2v) is 5.17. The maximum atomic E-state index is 5.42. The quantitative estimate of drug-likeness (QED) is 0.926. The Balaban J connectivity index is 1.94. The van der Waals surface area contributed by atoms with Gasteiger partial charge in [-0.1, -0.05) is 0 Å². The fraction of sp³-hybridized carbons (Fsp3) is 0.583. The monoisotopic (exact) mass is 284 g/mol. The average Bonchev–Trinajstić information content (AvgIpc) is 2.29. The molecule has 1 aliphatic carbocycles. The van der Waals surface area contributed by atoms with Crippen molar-refractivity contribution in [3.05, 3.63) is 22.9 Å². The Labute approximate surface area is 105 Å². The standard InChI is InChI=1S/C12H17BrN2O/c1-16-12-4-2-3-10(6-12)15-11-5-9(13)7-14-8-11/h5,7-8,10,12,15H,2-4,6H2,1H3. The van der Waals surface area contributed by atoms with Crippen molar-refractivity contribution < 1.29 is 4.74 Å². The number of aromatic nitrogens is 1. The van der Waals surface area contributed by atoms with Crippen LogP contribution >= 0.6 is 15.9 Å². The van der Waals surface area contributed by atoms with Crippen LogP contribution in [0.25, 0.3) is 0 Å². The number of nitrogens with one attached hydrogen (secondary N) is 1. The molecule has 1 heterocycles. The van der Waals surface area contributed by atoms with Gasteiger partial charge < -0.3 is 10.1 Å². The predicted octanol–water partition coefficient (Wildman–Crippen LogP) is 3.21. The molecule has 1 fully saturated rings. The van der Waals surface area contributed by atoms with E-state index in [9.17, 15) is 0 Å². The molecule has 2 rings (SSSR count). The third-order valence-electron chi connectivity index (χ3n) is 3.04. The van der Waals surface area contributed by atoms with Crippen LogP contribution in [0.5, 0.6) is 0 Å². The SMILES string of the molecule is COC1CCCC(Nc2cncc(Br)c2)C1. The van der Waals surface area contributed by atoms with Crippen molar-refractivity contribution in [3.8, 4) is 0 Å². The summed E-state index contributed by atoms with van der Waals surface area (Å²) in [7, 11) is 1.80. The van der Waals surface area contributed by atoms with E-state index in [1.165, 1.54) is 19.3 Å². The number of hydrogen-bond donors (Lipinski definition) is 1. The van der Waals surface area contributed by atoms with Crippen LogP contribution in [0.3, 0.4) is 0 Å². The number of pyridine rings is 1. The molecule has 4 heteroatoms. The lowest BCUT2D eigenvalue weighted by atomic mass is 9.93. The number of nitrogens with zero attached hydrogens (tertiary/aromatic N) is 1. The Hall–Kier alpha value is -0.610. The van der Waals surface area contributed by atoms with Crippen LogP contribution in [0.1, 0.15) is 25.7 Å². The van der Waals surface area contributed by atoms with E-state index in [0.29, 0.717) is 12.1 Å². The van der Waals surface area contributed by atoms with Crippen LogP contribution < -0.4 is 5.32 Å². The highest BCUT2D eigenvalue weighted by Crippen LogP contribution is 2.24. The number of halogens is 1. The molecule has 0 saturated heterocycles. The summed E-state index contributed by atoms with van der Waals surface area (Å²) in [5.41, 5.74) is 1.08. The van der Waals surface area contributed by atoms with Gasteiger partial charge in [0, 0.05) is 23.8 Å². The lowest BCUT2D eigenvalue weighted by molar-refractivity contribution is 0.0669. The van der Waals surface area contributed by atoms with Gasteiger partial charge in [-0.3, -0.25) is 4.98 Å². The Morgan fingerprint density at radius 2 is 2.31 bits per heavy atom. The Morgan fingerprint density at radius 1 is 1.44 bits per heavy atom. The maximum absolute atomic E-state index is 5.42. The molecule has 0 bridgehead atoms. The van der Waals surface area contributed by atoms with Crippen molar-refractivity contribution in [1.29, 1.82) is 0 Å². The zero-order chi connectivity index (χ0) is 11.4. The lowest BCUT2D eigenvalue weighted by Gasteiger charge is -2.29. The van der Waals surface area contributed by atoms with E-state index < -0.39 is 0 Å². The minimum atomic E-state index is 0.409. The van der Waals surface area contributed by atoms with Gasteiger partial charge in [0.25, 0.3) is 0 Å². The van der Waals surface area contributed by atoms with Crippen LogP contribution in [-0.4, -0.2) is 24.2 Å². The topological polar surface area (TPSA) is 34.1 Å². The van der Waals surface area contributed by atoms with Gasteiger partial charge in [0.05, 0.1) is 18.0 Å². The minimum absolute atomic E-state index is 0.409. The predicted molar refractivity (Wildman–Crippen MR) is 68.6 cm³/mol. The lowest BCUT2D eigenvalue weighted by Crippen LogP contribution is -2.31. The van der Waals surface area contributed by atoms with Crippen molar-refractivity contribution >= 4 is 21.6 Å². The minimum Gasteiger partial charge on any atom is -0.381 e. The van der Waals surface area contributed by atoms with Gasteiger partial charge in [-0.15, -0.1) is 0 Å². The summed E-state index contributed by atoms with van der Waals surface area (Å²) >= 11 is 3.43. The fourth-order valence-electron chi connectivity index (χ4n) is 2.22. The Bertz CT molecular complexity index is 346. The third-order valence-corrected chi connectivity index (χ3v) is 3.47. The first kappa shape index (κ1) is 11.9. The third kappa shape index (κ3) is 3.19. The number of methoxy groups -OCH3 is 1. The van der Waals surface area contributed by atoms with Gasteiger partial charge in [0.1, 0.15) is 0 Å². The smallest absolute Gasteiger partial charge is 0.0590 e. The summed E-state index contributed by atoms with van der Waals surface area (Å²) in [6.07, 6.45) is 8.79. The molecule has 1 aromatic heterocycles. The molecule has 1 aromatic rings. The van der Waals surface area contributed by atoms with Gasteiger partial charge >= 0.3 is 0 Å². The number of anilines is 1. The summed E-state index contributed by atoms with van der Waals surface area (Å²) in [5.74, 6) is 0.